The van der Waals surface area contributed by atoms with Crippen LogP contribution in [0, 0.1) is 0 Å². The van der Waals surface area contributed by atoms with Crippen molar-refractivity contribution in [3.63, 3.8) is 0 Å². The van der Waals surface area contributed by atoms with Crippen LogP contribution < -0.4 is 10.3 Å². The van der Waals surface area contributed by atoms with E-state index in [2.05, 4.69) is 0 Å². The van der Waals surface area contributed by atoms with Crippen LogP contribution in [0.25, 0.3) is 11.1 Å². The molecule has 2 aromatic rings. The summed E-state index contributed by atoms with van der Waals surface area (Å²) >= 11 is 0. The zero-order chi connectivity index (χ0) is 8.55. The van der Waals surface area contributed by atoms with Gasteiger partial charge in [-0.25, -0.2) is 0 Å². The average molecular weight is 163 g/mol. The maximum atomic E-state index is 5.50. The highest BCUT2D eigenvalue weighted by Gasteiger charge is 2.15. The fourth-order valence-corrected chi connectivity index (χ4v) is 1.33. The standard InChI is InChI=1S/C9H11N2O/c1-11-7-4-2-3-5-8(7)12-9(11)6-10/h2-5H,6,10H2,1H3/q+1. The summed E-state index contributed by atoms with van der Waals surface area (Å²) in [6, 6.07) is 7.89. The molecular formula is C9H11N2O+. The van der Waals surface area contributed by atoms with Crippen molar-refractivity contribution < 1.29 is 8.98 Å². The highest BCUT2D eigenvalue weighted by Crippen LogP contribution is 2.11. The van der Waals surface area contributed by atoms with Crippen LogP contribution in [0.4, 0.5) is 0 Å². The summed E-state index contributed by atoms with van der Waals surface area (Å²) in [6.07, 6.45) is 0. The number of benzene rings is 1. The van der Waals surface area contributed by atoms with E-state index in [1.165, 1.54) is 0 Å². The number of oxazole rings is 1. The number of para-hydroxylation sites is 2. The molecule has 1 aromatic carbocycles. The van der Waals surface area contributed by atoms with Crippen molar-refractivity contribution in [2.45, 2.75) is 6.54 Å². The minimum absolute atomic E-state index is 0.436. The third-order valence-electron chi connectivity index (χ3n) is 2.00. The number of aromatic nitrogens is 1. The topological polar surface area (TPSA) is 43.0 Å². The molecule has 0 spiro atoms. The fraction of sp³-hybridized carbons (Fsp3) is 0.222. The van der Waals surface area contributed by atoms with Crippen LogP contribution >= 0.6 is 0 Å². The lowest BCUT2D eigenvalue weighted by Gasteiger charge is -1.82. The van der Waals surface area contributed by atoms with E-state index in [4.69, 9.17) is 10.2 Å². The second-order valence-corrected chi connectivity index (χ2v) is 2.73. The van der Waals surface area contributed by atoms with Crippen LogP contribution in [-0.4, -0.2) is 0 Å². The van der Waals surface area contributed by atoms with Gasteiger partial charge in [-0.2, -0.15) is 4.57 Å². The monoisotopic (exact) mass is 163 g/mol. The van der Waals surface area contributed by atoms with E-state index in [1.54, 1.807) is 0 Å². The predicted octanol–water partition coefficient (Wildman–Crippen LogP) is 0.716. The number of hydrogen-bond acceptors (Lipinski definition) is 2. The Hall–Kier alpha value is -1.35. The van der Waals surface area contributed by atoms with Crippen LogP contribution in [0.15, 0.2) is 28.7 Å². The first-order valence-corrected chi connectivity index (χ1v) is 3.89. The van der Waals surface area contributed by atoms with Crippen molar-refractivity contribution >= 4 is 11.1 Å². The van der Waals surface area contributed by atoms with Crippen molar-refractivity contribution in [1.29, 1.82) is 0 Å². The van der Waals surface area contributed by atoms with E-state index < -0.39 is 0 Å². The number of nitrogens with two attached hydrogens (primary N) is 1. The van der Waals surface area contributed by atoms with Crippen LogP contribution in [0.3, 0.4) is 0 Å². The average Bonchev–Trinajstić information content (AvgIpc) is 2.44. The SMILES string of the molecule is C[n+]1c(CN)oc2ccccc21. The molecule has 0 aliphatic rings. The molecule has 1 heterocycles. The molecule has 62 valence electrons. The molecule has 1 aromatic heterocycles. The molecule has 0 bridgehead atoms. The minimum Gasteiger partial charge on any atom is -0.400 e. The molecule has 12 heavy (non-hydrogen) atoms. The van der Waals surface area contributed by atoms with Gasteiger partial charge in [-0.05, 0) is 6.07 Å². The lowest BCUT2D eigenvalue weighted by molar-refractivity contribution is -0.658. The van der Waals surface area contributed by atoms with Crippen LogP contribution in [0.5, 0.6) is 0 Å². The van der Waals surface area contributed by atoms with Gasteiger partial charge in [0.15, 0.2) is 0 Å². The van der Waals surface area contributed by atoms with Crippen LogP contribution in [0.1, 0.15) is 5.89 Å². The molecule has 3 nitrogen and oxygen atoms in total. The van der Waals surface area contributed by atoms with Gasteiger partial charge in [-0.3, -0.25) is 0 Å². The van der Waals surface area contributed by atoms with Gasteiger partial charge in [0.1, 0.15) is 13.6 Å². The maximum absolute atomic E-state index is 5.50. The van der Waals surface area contributed by atoms with Crippen molar-refractivity contribution in [2.75, 3.05) is 0 Å². The number of nitrogens with zero attached hydrogens (tertiary/aromatic N) is 1. The normalized spacial score (nSPS) is 10.8. The van der Waals surface area contributed by atoms with Gasteiger partial charge in [0.05, 0.1) is 0 Å². The lowest BCUT2D eigenvalue weighted by Crippen LogP contribution is -2.32. The zero-order valence-corrected chi connectivity index (χ0v) is 6.95. The van der Waals surface area contributed by atoms with E-state index in [9.17, 15) is 0 Å². The molecule has 2 N–H and O–H groups in total. The quantitative estimate of drug-likeness (QED) is 0.629. The first-order chi connectivity index (χ1) is 5.83. The van der Waals surface area contributed by atoms with Gasteiger partial charge in [0.2, 0.25) is 5.58 Å². The largest absolute Gasteiger partial charge is 0.400 e. The summed E-state index contributed by atoms with van der Waals surface area (Å²) in [6.45, 7) is 0.436. The molecule has 3 heteroatoms. The Morgan fingerprint density at radius 2 is 2.17 bits per heavy atom. The molecule has 0 atom stereocenters. The summed E-state index contributed by atoms with van der Waals surface area (Å²) < 4.78 is 7.45. The molecule has 0 aliphatic heterocycles. The molecule has 0 fully saturated rings. The second kappa shape index (κ2) is 2.60. The second-order valence-electron chi connectivity index (χ2n) is 2.73. The summed E-state index contributed by atoms with van der Waals surface area (Å²) in [5, 5.41) is 0. The Labute approximate surface area is 70.4 Å². The third-order valence-corrected chi connectivity index (χ3v) is 2.00. The minimum atomic E-state index is 0.436. The van der Waals surface area contributed by atoms with Gasteiger partial charge >= 0.3 is 5.89 Å². The Morgan fingerprint density at radius 1 is 1.42 bits per heavy atom. The summed E-state index contributed by atoms with van der Waals surface area (Å²) in [5.74, 6) is 0.802. The maximum Gasteiger partial charge on any atom is 0.361 e. The Balaban J connectivity index is 2.78. The van der Waals surface area contributed by atoms with Crippen molar-refractivity contribution in [2.24, 2.45) is 12.8 Å². The summed E-state index contributed by atoms with van der Waals surface area (Å²) in [5.41, 5.74) is 7.47. The van der Waals surface area contributed by atoms with Gasteiger partial charge in [-0.15, -0.1) is 0 Å². The zero-order valence-electron chi connectivity index (χ0n) is 6.95. The molecule has 0 unspecified atom stereocenters. The molecule has 0 saturated carbocycles. The van der Waals surface area contributed by atoms with Gasteiger partial charge in [0.25, 0.3) is 5.52 Å². The summed E-state index contributed by atoms with van der Waals surface area (Å²) in [7, 11) is 1.95. The first kappa shape index (κ1) is 7.31. The molecular weight excluding hydrogens is 152 g/mol. The predicted molar refractivity (Wildman–Crippen MR) is 45.3 cm³/mol. The van der Waals surface area contributed by atoms with Crippen molar-refractivity contribution in [3.8, 4) is 0 Å². The fourth-order valence-electron chi connectivity index (χ4n) is 1.33. The Kier molecular flexibility index (Phi) is 1.59. The molecule has 0 amide bonds. The lowest BCUT2D eigenvalue weighted by atomic mass is 10.3. The van der Waals surface area contributed by atoms with Crippen LogP contribution in [-0.2, 0) is 13.6 Å². The number of fused-ring (bicyclic) bond motifs is 1. The highest BCUT2D eigenvalue weighted by molar-refractivity contribution is 5.68. The smallest absolute Gasteiger partial charge is 0.361 e. The van der Waals surface area contributed by atoms with E-state index in [0.717, 1.165) is 17.0 Å². The molecule has 0 aliphatic carbocycles. The molecule has 2 rings (SSSR count). The van der Waals surface area contributed by atoms with E-state index >= 15 is 0 Å². The van der Waals surface area contributed by atoms with Gasteiger partial charge < -0.3 is 10.2 Å². The Morgan fingerprint density at radius 3 is 2.83 bits per heavy atom. The van der Waals surface area contributed by atoms with Gasteiger partial charge in [0, 0.05) is 6.07 Å². The molecule has 0 saturated heterocycles. The van der Waals surface area contributed by atoms with E-state index in [-0.39, 0.29) is 0 Å². The van der Waals surface area contributed by atoms with Crippen molar-refractivity contribution in [1.82, 2.24) is 0 Å². The van der Waals surface area contributed by atoms with Gasteiger partial charge in [-0.1, -0.05) is 12.1 Å². The van der Waals surface area contributed by atoms with E-state index in [1.807, 2.05) is 35.9 Å². The summed E-state index contributed by atoms with van der Waals surface area (Å²) in [4.78, 5) is 0. The third kappa shape index (κ3) is 0.905. The Bertz CT molecular complexity index is 406. The highest BCUT2D eigenvalue weighted by atomic mass is 16.4. The van der Waals surface area contributed by atoms with Crippen LogP contribution in [0.2, 0.25) is 0 Å². The van der Waals surface area contributed by atoms with E-state index in [0.29, 0.717) is 6.54 Å². The number of rotatable bonds is 1. The first-order valence-electron chi connectivity index (χ1n) is 3.89. The van der Waals surface area contributed by atoms with Crippen molar-refractivity contribution in [3.05, 3.63) is 30.2 Å². The number of hydrogen-bond donors (Lipinski definition) is 1. The molecule has 0 radical (unpaired) electrons. The number of aryl methyl sites for hydroxylation is 1.